The van der Waals surface area contributed by atoms with Gasteiger partial charge in [-0.3, -0.25) is 0 Å². The number of allylic oxidation sites excluding steroid dienone is 3. The second-order valence-electron chi connectivity index (χ2n) is 13.3. The van der Waals surface area contributed by atoms with E-state index in [4.69, 9.17) is 13.3 Å². The van der Waals surface area contributed by atoms with Crippen molar-refractivity contribution in [2.45, 2.75) is 124 Å². The maximum Gasteiger partial charge on any atom is 0.392 e. The minimum absolute atomic E-state index is 0.149. The normalized spacial score (nSPS) is 28.1. The minimum atomic E-state index is -2.11. The molecular formula is C28H52O3Si2. The molecule has 0 spiro atoms. The Hall–Kier alpha value is -0.626. The van der Waals surface area contributed by atoms with Crippen LogP contribution in [-0.2, 0) is 13.3 Å². The first-order chi connectivity index (χ1) is 14.9. The van der Waals surface area contributed by atoms with E-state index in [1.54, 1.807) is 0 Å². The van der Waals surface area contributed by atoms with Gasteiger partial charge in [0.2, 0.25) is 0 Å². The van der Waals surface area contributed by atoms with Crippen molar-refractivity contribution in [3.05, 3.63) is 35.1 Å². The van der Waals surface area contributed by atoms with Crippen LogP contribution in [0, 0.1) is 11.3 Å². The summed E-state index contributed by atoms with van der Waals surface area (Å²) in [6, 6.07) is 0. The van der Waals surface area contributed by atoms with E-state index in [1.807, 2.05) is 0 Å². The Morgan fingerprint density at radius 3 is 2.39 bits per heavy atom. The second kappa shape index (κ2) is 10.2. The molecule has 0 bridgehead atoms. The zero-order valence-electron chi connectivity index (χ0n) is 23.8. The zero-order valence-corrected chi connectivity index (χ0v) is 25.8. The van der Waals surface area contributed by atoms with Crippen molar-refractivity contribution in [1.29, 1.82) is 0 Å². The topological polar surface area (TPSA) is 27.7 Å². The molecule has 0 aromatic rings. The number of fused-ring (bicyclic) bond motifs is 1. The van der Waals surface area contributed by atoms with Gasteiger partial charge in [0.05, 0.1) is 18.5 Å². The molecule has 0 saturated heterocycles. The highest BCUT2D eigenvalue weighted by Gasteiger charge is 2.51. The highest BCUT2D eigenvalue weighted by Crippen LogP contribution is 2.55. The van der Waals surface area contributed by atoms with Gasteiger partial charge in [0.15, 0.2) is 8.32 Å². The average Bonchev–Trinajstić information content (AvgIpc) is 2.94. The lowest BCUT2D eigenvalue weighted by Crippen LogP contribution is -2.44. The fraction of sp³-hybridized carbons (Fsp3) is 0.786. The molecule has 2 aliphatic rings. The van der Waals surface area contributed by atoms with E-state index in [9.17, 15) is 0 Å². The molecule has 33 heavy (non-hydrogen) atoms. The van der Waals surface area contributed by atoms with Gasteiger partial charge in [-0.25, -0.2) is 0 Å². The first-order valence-electron chi connectivity index (χ1n) is 12.9. The average molecular weight is 493 g/mol. The van der Waals surface area contributed by atoms with Crippen LogP contribution in [0.15, 0.2) is 35.1 Å². The van der Waals surface area contributed by atoms with Gasteiger partial charge in [-0.05, 0) is 102 Å². The van der Waals surface area contributed by atoms with E-state index < -0.39 is 16.9 Å². The lowest BCUT2D eigenvalue weighted by molar-refractivity contribution is 0.0381. The molecule has 0 aromatic carbocycles. The number of hydrogen-bond donors (Lipinski definition) is 0. The Kier molecular flexibility index (Phi) is 8.81. The molecule has 5 heteroatoms. The zero-order chi connectivity index (χ0) is 25.3. The fourth-order valence-electron chi connectivity index (χ4n) is 4.90. The van der Waals surface area contributed by atoms with E-state index in [1.165, 1.54) is 29.6 Å². The molecule has 0 unspecified atom stereocenters. The summed E-state index contributed by atoms with van der Waals surface area (Å²) < 4.78 is 19.1. The van der Waals surface area contributed by atoms with Crippen LogP contribution in [0.3, 0.4) is 0 Å². The maximum absolute atomic E-state index is 6.49. The summed E-state index contributed by atoms with van der Waals surface area (Å²) in [4.78, 5) is 0. The fourth-order valence-corrected chi connectivity index (χ4v) is 7.79. The molecule has 1 saturated carbocycles. The summed E-state index contributed by atoms with van der Waals surface area (Å²) in [5.74, 6) is 0.456. The lowest BCUT2D eigenvalue weighted by Gasteiger charge is -2.36. The predicted octanol–water partition coefficient (Wildman–Crippen LogP) is 8.90. The largest absolute Gasteiger partial charge is 0.527 e. The highest BCUT2D eigenvalue weighted by molar-refractivity contribution is 6.74. The minimum Gasteiger partial charge on any atom is -0.527 e. The van der Waals surface area contributed by atoms with Crippen LogP contribution >= 0.6 is 0 Å². The smallest absolute Gasteiger partial charge is 0.392 e. The summed E-state index contributed by atoms with van der Waals surface area (Å²) in [5.41, 5.74) is 4.32. The molecule has 2 atom stereocenters. The van der Waals surface area contributed by atoms with Gasteiger partial charge in [-0.1, -0.05) is 51.0 Å². The van der Waals surface area contributed by atoms with Crippen molar-refractivity contribution in [1.82, 2.24) is 0 Å². The van der Waals surface area contributed by atoms with Gasteiger partial charge in [0, 0.05) is 5.92 Å². The third kappa shape index (κ3) is 7.43. The molecule has 1 aliphatic heterocycles. The third-order valence-corrected chi connectivity index (χ3v) is 14.5. The molecule has 1 aliphatic carbocycles. The van der Waals surface area contributed by atoms with Gasteiger partial charge in [-0.2, -0.15) is 0 Å². The summed E-state index contributed by atoms with van der Waals surface area (Å²) in [7, 11) is -3.79. The van der Waals surface area contributed by atoms with Crippen molar-refractivity contribution in [2.24, 2.45) is 11.3 Å². The van der Waals surface area contributed by atoms with Crippen LogP contribution in [0.1, 0.15) is 87.5 Å². The predicted molar refractivity (Wildman–Crippen MR) is 147 cm³/mol. The molecule has 1 heterocycles. The molecule has 0 radical (unpaired) electrons. The number of hydrogen-bond acceptors (Lipinski definition) is 3. The van der Waals surface area contributed by atoms with Crippen LogP contribution in [0.2, 0.25) is 31.2 Å². The van der Waals surface area contributed by atoms with Crippen LogP contribution < -0.4 is 0 Å². The summed E-state index contributed by atoms with van der Waals surface area (Å²) in [5, 5.41) is 0.263. The molecule has 2 rings (SSSR count). The summed E-state index contributed by atoms with van der Waals surface area (Å²) in [6.45, 7) is 28.0. The van der Waals surface area contributed by atoms with Gasteiger partial charge < -0.3 is 13.3 Å². The standard InChI is InChI=1S/C28H52O3Si2/c1-22(14-13-15-23(2)20-29-32(9,10)26(3,4)5)16-18-28(8)19-17-24-25(28)21-30-33(11,12)31-27(24,6)7/h15-16,21,24H,13-14,17-20H2,1-12H3/b22-16+,23-15+/t24-,28+/m1/s1. The second-order valence-corrected chi connectivity index (χ2v) is 21.4. The number of rotatable bonds is 8. The maximum atomic E-state index is 6.49. The molecule has 0 amide bonds. The van der Waals surface area contributed by atoms with Crippen molar-refractivity contribution in [3.63, 3.8) is 0 Å². The van der Waals surface area contributed by atoms with Crippen molar-refractivity contribution < 1.29 is 13.3 Å². The van der Waals surface area contributed by atoms with E-state index in [-0.39, 0.29) is 16.1 Å². The van der Waals surface area contributed by atoms with E-state index in [0.29, 0.717) is 5.92 Å². The quantitative estimate of drug-likeness (QED) is 0.250. The Balaban J connectivity index is 1.94. The van der Waals surface area contributed by atoms with E-state index in [0.717, 1.165) is 25.9 Å². The molecule has 0 aromatic heterocycles. The van der Waals surface area contributed by atoms with Crippen molar-refractivity contribution >= 4 is 16.9 Å². The van der Waals surface area contributed by atoms with Gasteiger partial charge in [0.25, 0.3) is 0 Å². The van der Waals surface area contributed by atoms with Gasteiger partial charge in [-0.15, -0.1) is 0 Å². The summed E-state index contributed by atoms with van der Waals surface area (Å²) in [6.07, 6.45) is 12.6. The monoisotopic (exact) mass is 492 g/mol. The SMILES string of the molecule is C/C(=C\C[C@@]1(C)CC[C@@H]2C1=CO[Si](C)(C)OC2(C)C)CC/C=C(\C)CO[Si](C)(C)C(C)(C)C. The first kappa shape index (κ1) is 28.6. The van der Waals surface area contributed by atoms with Crippen LogP contribution in [0.4, 0.5) is 0 Å². The molecule has 190 valence electrons. The van der Waals surface area contributed by atoms with Gasteiger partial charge in [0.1, 0.15) is 0 Å². The molecule has 1 fully saturated rings. The van der Waals surface area contributed by atoms with Crippen LogP contribution in [-0.4, -0.2) is 29.1 Å². The summed E-state index contributed by atoms with van der Waals surface area (Å²) >= 11 is 0. The Morgan fingerprint density at radius 1 is 1.15 bits per heavy atom. The van der Waals surface area contributed by atoms with Crippen molar-refractivity contribution in [2.75, 3.05) is 6.61 Å². The van der Waals surface area contributed by atoms with E-state index >= 15 is 0 Å². The van der Waals surface area contributed by atoms with Crippen molar-refractivity contribution in [3.8, 4) is 0 Å². The molecule has 0 N–H and O–H groups in total. The van der Waals surface area contributed by atoms with Gasteiger partial charge >= 0.3 is 8.56 Å². The molecule has 3 nitrogen and oxygen atoms in total. The Bertz CT molecular complexity index is 783. The third-order valence-electron chi connectivity index (χ3n) is 8.27. The lowest BCUT2D eigenvalue weighted by atomic mass is 9.76. The van der Waals surface area contributed by atoms with E-state index in [2.05, 4.69) is 100.0 Å². The highest BCUT2D eigenvalue weighted by atomic mass is 28.4. The van der Waals surface area contributed by atoms with Crippen LogP contribution in [0.5, 0.6) is 0 Å². The Labute approximate surface area is 207 Å². The first-order valence-corrected chi connectivity index (χ1v) is 18.6. The van der Waals surface area contributed by atoms with Crippen LogP contribution in [0.25, 0.3) is 0 Å². The molecular weight excluding hydrogens is 440 g/mol. The Morgan fingerprint density at radius 2 is 1.79 bits per heavy atom.